The van der Waals surface area contributed by atoms with Crippen LogP contribution in [0.2, 0.25) is 0 Å². The Kier molecular flexibility index (Phi) is 8.26. The zero-order valence-corrected chi connectivity index (χ0v) is 20.7. The number of benzene rings is 1. The van der Waals surface area contributed by atoms with Crippen LogP contribution in [-0.2, 0) is 27.5 Å². The molecule has 1 saturated carbocycles. The van der Waals surface area contributed by atoms with Gasteiger partial charge in [-0.25, -0.2) is 9.38 Å². The molecule has 2 fully saturated rings. The summed E-state index contributed by atoms with van der Waals surface area (Å²) in [5, 5.41) is 6.35. The predicted octanol–water partition coefficient (Wildman–Crippen LogP) is 2.45. The molecule has 9 heteroatoms. The second-order valence-electron chi connectivity index (χ2n) is 8.31. The van der Waals surface area contributed by atoms with Gasteiger partial charge in [0.25, 0.3) is 0 Å². The van der Waals surface area contributed by atoms with Crippen molar-refractivity contribution >= 4 is 41.8 Å². The smallest absolute Gasteiger partial charge is 0.233 e. The molecule has 2 bridgehead atoms. The summed E-state index contributed by atoms with van der Waals surface area (Å²) >= 11 is 0. The summed E-state index contributed by atoms with van der Waals surface area (Å²) in [6, 6.07) is 4.86. The van der Waals surface area contributed by atoms with E-state index in [1.165, 1.54) is 18.1 Å². The summed E-state index contributed by atoms with van der Waals surface area (Å²) in [4.78, 5) is 31.5. The highest BCUT2D eigenvalue weighted by Crippen LogP contribution is 2.52. The summed E-state index contributed by atoms with van der Waals surface area (Å²) in [5.41, 5.74) is 1.36. The van der Waals surface area contributed by atoms with Gasteiger partial charge in [-0.1, -0.05) is 18.2 Å². The van der Waals surface area contributed by atoms with Gasteiger partial charge in [0, 0.05) is 32.3 Å². The monoisotopic (exact) mass is 556 g/mol. The molecule has 2 aliphatic carbocycles. The standard InChI is InChI=1S/C23H29FN4O3.HI/c1-3-25-23(27-12-14-4-7-18(24)17(10-14)13-31-2)26-8-9-28-21(29)19-15-5-6-16(11-15)20(19)22(28)30;/h4-7,10,15-16,19-20H,3,8-9,11-13H2,1-2H3,(H2,25,26,27);1H. The Balaban J connectivity index is 0.00000289. The molecule has 0 aromatic heterocycles. The van der Waals surface area contributed by atoms with Gasteiger partial charge < -0.3 is 15.4 Å². The van der Waals surface area contributed by atoms with Gasteiger partial charge in [0.05, 0.1) is 25.0 Å². The molecule has 4 atom stereocenters. The molecule has 2 amide bonds. The molecule has 32 heavy (non-hydrogen) atoms. The zero-order chi connectivity index (χ0) is 22.0. The van der Waals surface area contributed by atoms with Crippen LogP contribution in [0.15, 0.2) is 35.3 Å². The maximum absolute atomic E-state index is 13.8. The van der Waals surface area contributed by atoms with Crippen molar-refractivity contribution < 1.29 is 18.7 Å². The molecular weight excluding hydrogens is 526 g/mol. The fourth-order valence-corrected chi connectivity index (χ4v) is 4.98. The first-order chi connectivity index (χ1) is 15.0. The Morgan fingerprint density at radius 3 is 2.50 bits per heavy atom. The van der Waals surface area contributed by atoms with Gasteiger partial charge in [0.15, 0.2) is 5.96 Å². The maximum Gasteiger partial charge on any atom is 0.233 e. The topological polar surface area (TPSA) is 83.0 Å². The van der Waals surface area contributed by atoms with Crippen LogP contribution in [0.3, 0.4) is 0 Å². The Bertz CT molecular complexity index is 893. The third-order valence-electron chi connectivity index (χ3n) is 6.36. The number of carbonyl (C=O) groups is 2. The molecule has 1 aromatic carbocycles. The molecule has 4 rings (SSSR count). The molecule has 1 aliphatic heterocycles. The van der Waals surface area contributed by atoms with Gasteiger partial charge in [0.2, 0.25) is 11.8 Å². The molecule has 7 nitrogen and oxygen atoms in total. The van der Waals surface area contributed by atoms with Crippen molar-refractivity contribution in [2.24, 2.45) is 28.7 Å². The fraction of sp³-hybridized carbons (Fsp3) is 0.522. The van der Waals surface area contributed by atoms with E-state index in [0.717, 1.165) is 12.0 Å². The lowest BCUT2D eigenvalue weighted by Crippen LogP contribution is -2.43. The van der Waals surface area contributed by atoms with Gasteiger partial charge in [-0.05, 0) is 42.9 Å². The van der Waals surface area contributed by atoms with Crippen molar-refractivity contribution in [3.05, 3.63) is 47.3 Å². The first-order valence-corrected chi connectivity index (χ1v) is 10.9. The molecule has 4 unspecified atom stereocenters. The minimum atomic E-state index is -0.298. The average Bonchev–Trinajstić information content (AvgIpc) is 3.44. The number of rotatable bonds is 8. The van der Waals surface area contributed by atoms with E-state index in [-0.39, 0.29) is 71.9 Å². The number of hydrogen-bond donors (Lipinski definition) is 2. The maximum atomic E-state index is 13.8. The van der Waals surface area contributed by atoms with Gasteiger partial charge in [0.1, 0.15) is 5.82 Å². The van der Waals surface area contributed by atoms with Crippen LogP contribution >= 0.6 is 24.0 Å². The minimum absolute atomic E-state index is 0. The number of allylic oxidation sites excluding steroid dienone is 2. The number of aliphatic imine (C=N–C) groups is 1. The van der Waals surface area contributed by atoms with Crippen LogP contribution in [0, 0.1) is 29.5 Å². The Morgan fingerprint density at radius 1 is 1.19 bits per heavy atom. The van der Waals surface area contributed by atoms with Crippen LogP contribution in [0.1, 0.15) is 24.5 Å². The summed E-state index contributed by atoms with van der Waals surface area (Å²) in [6.07, 6.45) is 5.13. The molecule has 1 saturated heterocycles. The molecule has 1 heterocycles. The lowest BCUT2D eigenvalue weighted by molar-refractivity contribution is -0.140. The quantitative estimate of drug-likeness (QED) is 0.169. The number of nitrogens with one attached hydrogen (secondary N) is 2. The Hall–Kier alpha value is -2.01. The van der Waals surface area contributed by atoms with Crippen LogP contribution in [0.25, 0.3) is 0 Å². The SMILES string of the molecule is CCNC(=NCc1ccc(F)c(COC)c1)NCCN1C(=O)C2C3C=CC(C3)C2C1=O.I. The van der Waals surface area contributed by atoms with E-state index >= 15 is 0 Å². The van der Waals surface area contributed by atoms with E-state index in [1.807, 2.05) is 6.92 Å². The van der Waals surface area contributed by atoms with E-state index in [1.54, 1.807) is 12.1 Å². The van der Waals surface area contributed by atoms with Crippen molar-refractivity contribution in [3.63, 3.8) is 0 Å². The van der Waals surface area contributed by atoms with E-state index in [2.05, 4.69) is 27.8 Å². The number of halogens is 2. The van der Waals surface area contributed by atoms with E-state index in [9.17, 15) is 14.0 Å². The summed E-state index contributed by atoms with van der Waals surface area (Å²) in [6.45, 7) is 3.95. The van der Waals surface area contributed by atoms with Crippen molar-refractivity contribution in [2.75, 3.05) is 26.7 Å². The van der Waals surface area contributed by atoms with E-state index in [0.29, 0.717) is 37.7 Å². The summed E-state index contributed by atoms with van der Waals surface area (Å²) < 4.78 is 18.8. The third-order valence-corrected chi connectivity index (χ3v) is 6.36. The normalized spacial score (nSPS) is 25.8. The number of methoxy groups -OCH3 is 1. The highest BCUT2D eigenvalue weighted by Gasteiger charge is 2.58. The first kappa shape index (κ1) is 24.6. The highest BCUT2D eigenvalue weighted by molar-refractivity contribution is 14.0. The molecule has 0 spiro atoms. The minimum Gasteiger partial charge on any atom is -0.380 e. The fourth-order valence-electron chi connectivity index (χ4n) is 4.98. The van der Waals surface area contributed by atoms with Gasteiger partial charge in [-0.2, -0.15) is 0 Å². The van der Waals surface area contributed by atoms with E-state index in [4.69, 9.17) is 4.74 Å². The van der Waals surface area contributed by atoms with Crippen LogP contribution < -0.4 is 10.6 Å². The van der Waals surface area contributed by atoms with Crippen molar-refractivity contribution in [1.29, 1.82) is 0 Å². The molecule has 0 radical (unpaired) electrons. The van der Waals surface area contributed by atoms with Crippen molar-refractivity contribution in [1.82, 2.24) is 15.5 Å². The third kappa shape index (κ3) is 4.83. The van der Waals surface area contributed by atoms with Gasteiger partial charge in [-0.15, -0.1) is 24.0 Å². The number of likely N-dealkylation sites (tertiary alicyclic amines) is 1. The van der Waals surface area contributed by atoms with Gasteiger partial charge >= 0.3 is 0 Å². The molecule has 1 aromatic rings. The second kappa shape index (κ2) is 10.7. The molecule has 2 N–H and O–H groups in total. The number of carbonyl (C=O) groups excluding carboxylic acids is 2. The molecule has 174 valence electrons. The average molecular weight is 556 g/mol. The highest BCUT2D eigenvalue weighted by atomic mass is 127. The predicted molar refractivity (Wildman–Crippen MR) is 130 cm³/mol. The number of fused-ring (bicyclic) bond motifs is 5. The molecule has 3 aliphatic rings. The largest absolute Gasteiger partial charge is 0.380 e. The number of hydrogen-bond acceptors (Lipinski definition) is 4. The first-order valence-electron chi connectivity index (χ1n) is 10.9. The lowest BCUT2D eigenvalue weighted by atomic mass is 9.85. The Labute approximate surface area is 204 Å². The number of nitrogens with zero attached hydrogens (tertiary/aromatic N) is 2. The van der Waals surface area contributed by atoms with Gasteiger partial charge in [-0.3, -0.25) is 14.5 Å². The van der Waals surface area contributed by atoms with Crippen molar-refractivity contribution in [3.8, 4) is 0 Å². The number of ether oxygens (including phenoxy) is 1. The van der Waals surface area contributed by atoms with E-state index < -0.39 is 0 Å². The van der Waals surface area contributed by atoms with Crippen LogP contribution in [-0.4, -0.2) is 49.4 Å². The van der Waals surface area contributed by atoms with Crippen LogP contribution in [0.5, 0.6) is 0 Å². The van der Waals surface area contributed by atoms with Crippen molar-refractivity contribution in [2.45, 2.75) is 26.5 Å². The lowest BCUT2D eigenvalue weighted by Gasteiger charge is -2.18. The Morgan fingerprint density at radius 2 is 1.88 bits per heavy atom. The number of amides is 2. The molecular formula is C23H30FIN4O3. The second-order valence-corrected chi connectivity index (χ2v) is 8.31. The number of imide groups is 1. The van der Waals surface area contributed by atoms with Crippen LogP contribution in [0.4, 0.5) is 4.39 Å². The number of guanidine groups is 1. The summed E-state index contributed by atoms with van der Waals surface area (Å²) in [7, 11) is 1.53. The zero-order valence-electron chi connectivity index (χ0n) is 18.3. The summed E-state index contributed by atoms with van der Waals surface area (Å²) in [5.74, 6) is 0.339.